The topological polar surface area (TPSA) is 42.0 Å². The van der Waals surface area contributed by atoms with Crippen molar-refractivity contribution in [3.05, 3.63) is 59.7 Å². The molecule has 1 atom stereocenters. The summed E-state index contributed by atoms with van der Waals surface area (Å²) in [5.41, 5.74) is 0.307. The average molecular weight is 410 g/mol. The first kappa shape index (κ1) is 22.5. The van der Waals surface area contributed by atoms with Crippen LogP contribution >= 0.6 is 0 Å². The van der Waals surface area contributed by atoms with Crippen LogP contribution in [0.1, 0.15) is 23.6 Å². The number of alkyl halides is 3. The number of amides is 1. The first-order chi connectivity index (χ1) is 13.6. The molecule has 158 valence electrons. The zero-order chi connectivity index (χ0) is 21.6. The summed E-state index contributed by atoms with van der Waals surface area (Å²) >= 11 is 0. The number of benzene rings is 2. The summed E-state index contributed by atoms with van der Waals surface area (Å²) in [5.74, 6) is 0.840. The van der Waals surface area contributed by atoms with Gasteiger partial charge in [-0.05, 0) is 56.1 Å². The highest BCUT2D eigenvalue weighted by Gasteiger charge is 2.30. The van der Waals surface area contributed by atoms with Gasteiger partial charge in [0.25, 0.3) is 0 Å². The number of halogens is 3. The van der Waals surface area contributed by atoms with Gasteiger partial charge in [0.15, 0.2) is 0 Å². The Labute approximate surface area is 168 Å². The van der Waals surface area contributed by atoms with E-state index < -0.39 is 17.8 Å². The van der Waals surface area contributed by atoms with Crippen LogP contribution in [0.2, 0.25) is 0 Å². The van der Waals surface area contributed by atoms with Gasteiger partial charge in [-0.15, -0.1) is 0 Å². The van der Waals surface area contributed by atoms with Gasteiger partial charge in [0, 0.05) is 26.6 Å². The average Bonchev–Trinajstić information content (AvgIpc) is 2.65. The van der Waals surface area contributed by atoms with Crippen LogP contribution in [0.15, 0.2) is 48.5 Å². The first-order valence-corrected chi connectivity index (χ1v) is 9.03. The molecule has 0 aliphatic rings. The molecule has 0 radical (unpaired) electrons. The Kier molecular flexibility index (Phi) is 7.50. The van der Waals surface area contributed by atoms with E-state index in [2.05, 4.69) is 0 Å². The molecule has 0 aliphatic heterocycles. The molecule has 0 N–H and O–H groups in total. The molecule has 2 aromatic carbocycles. The van der Waals surface area contributed by atoms with E-state index >= 15 is 0 Å². The maximum absolute atomic E-state index is 12.6. The lowest BCUT2D eigenvalue weighted by molar-refractivity contribution is -0.137. The molecule has 0 spiro atoms. The lowest BCUT2D eigenvalue weighted by atomic mass is 10.0. The van der Waals surface area contributed by atoms with Gasteiger partial charge in [-0.25, -0.2) is 4.79 Å². The van der Waals surface area contributed by atoms with Crippen molar-refractivity contribution in [2.75, 3.05) is 34.8 Å². The summed E-state index contributed by atoms with van der Waals surface area (Å²) in [7, 11) is 7.08. The molecule has 0 aliphatic carbocycles. The predicted molar refractivity (Wildman–Crippen MR) is 104 cm³/mol. The second kappa shape index (κ2) is 9.65. The largest absolute Gasteiger partial charge is 0.494 e. The molecule has 0 saturated carbocycles. The van der Waals surface area contributed by atoms with Crippen LogP contribution in [0.25, 0.3) is 0 Å². The van der Waals surface area contributed by atoms with Crippen LogP contribution in [0.5, 0.6) is 11.5 Å². The van der Waals surface area contributed by atoms with Crippen molar-refractivity contribution in [2.45, 2.75) is 18.6 Å². The van der Waals surface area contributed by atoms with Gasteiger partial charge in [0.05, 0.1) is 12.2 Å². The Balaban J connectivity index is 1.95. The van der Waals surface area contributed by atoms with Crippen molar-refractivity contribution in [1.29, 1.82) is 0 Å². The van der Waals surface area contributed by atoms with Crippen LogP contribution in [0.3, 0.4) is 0 Å². The van der Waals surface area contributed by atoms with E-state index in [9.17, 15) is 18.0 Å². The Morgan fingerprint density at radius 2 is 1.48 bits per heavy atom. The normalized spacial score (nSPS) is 12.6. The smallest absolute Gasteiger partial charge is 0.416 e. The Bertz CT molecular complexity index is 788. The molecule has 29 heavy (non-hydrogen) atoms. The summed E-state index contributed by atoms with van der Waals surface area (Å²) < 4.78 is 48.7. The summed E-state index contributed by atoms with van der Waals surface area (Å²) in [5, 5.41) is 0. The van der Waals surface area contributed by atoms with Crippen LogP contribution in [-0.2, 0) is 6.18 Å². The SMILES string of the molecule is CN(C)C(=O)Oc1ccc(C(CCOc2ccc(C(F)(F)F)cc2)N(C)C)cc1. The van der Waals surface area contributed by atoms with Crippen molar-refractivity contribution in [3.8, 4) is 11.5 Å². The van der Waals surface area contributed by atoms with Gasteiger partial charge in [-0.1, -0.05) is 12.1 Å². The Morgan fingerprint density at radius 3 is 1.97 bits per heavy atom. The fourth-order valence-electron chi connectivity index (χ4n) is 2.70. The maximum Gasteiger partial charge on any atom is 0.416 e. The standard InChI is InChI=1S/C21H25F3N2O3/c1-25(2)19(15-5-9-18(10-6-15)29-20(27)26(3)4)13-14-28-17-11-7-16(8-12-17)21(22,23)24/h5-12,19H,13-14H2,1-4H3. The third-order valence-electron chi connectivity index (χ3n) is 4.30. The predicted octanol–water partition coefficient (Wildman–Crippen LogP) is 4.84. The zero-order valence-electron chi connectivity index (χ0n) is 16.9. The van der Waals surface area contributed by atoms with Crippen LogP contribution in [-0.4, -0.2) is 50.7 Å². The van der Waals surface area contributed by atoms with Gasteiger partial charge >= 0.3 is 12.3 Å². The third-order valence-corrected chi connectivity index (χ3v) is 4.30. The number of rotatable bonds is 7. The van der Waals surface area contributed by atoms with Gasteiger partial charge < -0.3 is 19.3 Å². The van der Waals surface area contributed by atoms with Crippen molar-refractivity contribution < 1.29 is 27.4 Å². The van der Waals surface area contributed by atoms with Crippen molar-refractivity contribution in [3.63, 3.8) is 0 Å². The second-order valence-corrected chi connectivity index (χ2v) is 6.97. The van der Waals surface area contributed by atoms with E-state index in [1.54, 1.807) is 26.2 Å². The number of carbonyl (C=O) groups is 1. The minimum absolute atomic E-state index is 0.0306. The molecule has 5 nitrogen and oxygen atoms in total. The monoisotopic (exact) mass is 410 g/mol. The van der Waals surface area contributed by atoms with Gasteiger partial charge in [0.1, 0.15) is 11.5 Å². The molecule has 8 heteroatoms. The van der Waals surface area contributed by atoms with Crippen LogP contribution in [0, 0.1) is 0 Å². The molecule has 0 heterocycles. The van der Waals surface area contributed by atoms with Gasteiger partial charge in [-0.2, -0.15) is 13.2 Å². The van der Waals surface area contributed by atoms with Gasteiger partial charge in [0.2, 0.25) is 0 Å². The second-order valence-electron chi connectivity index (χ2n) is 6.97. The quantitative estimate of drug-likeness (QED) is 0.655. The lowest BCUT2D eigenvalue weighted by Crippen LogP contribution is -2.25. The van der Waals surface area contributed by atoms with E-state index in [-0.39, 0.29) is 6.04 Å². The molecule has 2 rings (SSSR count). The molecule has 0 aromatic heterocycles. The van der Waals surface area contributed by atoms with Crippen molar-refractivity contribution in [1.82, 2.24) is 9.80 Å². The molecule has 0 bridgehead atoms. The fraction of sp³-hybridized carbons (Fsp3) is 0.381. The summed E-state index contributed by atoms with van der Waals surface area (Å²) in [6.45, 7) is 0.339. The van der Waals surface area contributed by atoms with Crippen LogP contribution in [0.4, 0.5) is 18.0 Å². The molecular weight excluding hydrogens is 385 g/mol. The third kappa shape index (κ3) is 6.67. The number of hydrogen-bond donors (Lipinski definition) is 0. The van der Waals surface area contributed by atoms with Gasteiger partial charge in [-0.3, -0.25) is 0 Å². The molecule has 1 amide bonds. The Morgan fingerprint density at radius 1 is 0.931 bits per heavy atom. The number of nitrogens with zero attached hydrogens (tertiary/aromatic N) is 2. The summed E-state index contributed by atoms with van der Waals surface area (Å²) in [4.78, 5) is 15.0. The fourth-order valence-corrected chi connectivity index (χ4v) is 2.70. The highest BCUT2D eigenvalue weighted by Crippen LogP contribution is 2.30. The van der Waals surface area contributed by atoms with E-state index in [1.165, 1.54) is 17.0 Å². The molecular formula is C21H25F3N2O3. The minimum atomic E-state index is -4.36. The summed E-state index contributed by atoms with van der Waals surface area (Å²) in [6.07, 6.45) is -4.18. The number of ether oxygens (including phenoxy) is 2. The van der Waals surface area contributed by atoms with E-state index in [1.807, 2.05) is 31.1 Å². The molecule has 1 unspecified atom stereocenters. The minimum Gasteiger partial charge on any atom is -0.494 e. The zero-order valence-corrected chi connectivity index (χ0v) is 16.9. The van der Waals surface area contributed by atoms with Crippen LogP contribution < -0.4 is 9.47 Å². The van der Waals surface area contributed by atoms with Crippen molar-refractivity contribution in [2.24, 2.45) is 0 Å². The van der Waals surface area contributed by atoms with Crippen molar-refractivity contribution >= 4 is 6.09 Å². The van der Waals surface area contributed by atoms with E-state index in [4.69, 9.17) is 9.47 Å². The Hall–Kier alpha value is -2.74. The lowest BCUT2D eigenvalue weighted by Gasteiger charge is -2.25. The summed E-state index contributed by atoms with van der Waals surface area (Å²) in [6, 6.07) is 11.9. The maximum atomic E-state index is 12.6. The number of carbonyl (C=O) groups excluding carboxylic acids is 1. The highest BCUT2D eigenvalue weighted by atomic mass is 19.4. The van der Waals surface area contributed by atoms with E-state index in [0.29, 0.717) is 24.5 Å². The molecule has 0 saturated heterocycles. The first-order valence-electron chi connectivity index (χ1n) is 9.03. The highest BCUT2D eigenvalue weighted by molar-refractivity contribution is 5.69. The molecule has 2 aromatic rings. The number of hydrogen-bond acceptors (Lipinski definition) is 4. The van der Waals surface area contributed by atoms with E-state index in [0.717, 1.165) is 17.7 Å². The molecule has 0 fully saturated rings.